The van der Waals surface area contributed by atoms with Crippen LogP contribution in [0.4, 0.5) is 5.95 Å². The maximum atomic E-state index is 12.1. The molecule has 1 aromatic heterocycles. The number of anilines is 1. The highest BCUT2D eigenvalue weighted by Gasteiger charge is 2.16. The van der Waals surface area contributed by atoms with E-state index in [2.05, 4.69) is 14.7 Å². The van der Waals surface area contributed by atoms with Gasteiger partial charge < -0.3 is 0 Å². The van der Waals surface area contributed by atoms with Gasteiger partial charge in [-0.25, -0.2) is 23.1 Å². The number of sulfonamides is 1. The fraction of sp³-hybridized carbons (Fsp3) is 0.0909. The van der Waals surface area contributed by atoms with Crippen molar-refractivity contribution in [3.63, 3.8) is 0 Å². The number of rotatable bonds is 3. The molecular formula is C11H9Cl2N3O2S. The number of nitrogens with one attached hydrogen (secondary N) is 1. The van der Waals surface area contributed by atoms with E-state index in [1.165, 1.54) is 30.3 Å². The summed E-state index contributed by atoms with van der Waals surface area (Å²) < 4.78 is 26.4. The van der Waals surface area contributed by atoms with E-state index in [1.807, 2.05) is 0 Å². The van der Waals surface area contributed by atoms with E-state index in [-0.39, 0.29) is 16.0 Å². The first-order valence-electron chi connectivity index (χ1n) is 5.16. The smallest absolute Gasteiger partial charge is 0.247 e. The molecule has 0 unspecified atom stereocenters. The molecule has 0 spiro atoms. The van der Waals surface area contributed by atoms with Gasteiger partial charge in [0.2, 0.25) is 5.95 Å². The number of hydrogen-bond donors (Lipinski definition) is 1. The maximum absolute atomic E-state index is 12.1. The summed E-state index contributed by atoms with van der Waals surface area (Å²) in [6, 6.07) is 7.28. The molecule has 0 radical (unpaired) electrons. The number of aromatic nitrogens is 2. The predicted octanol–water partition coefficient (Wildman–Crippen LogP) is 2.89. The fourth-order valence-electron chi connectivity index (χ4n) is 1.37. The zero-order chi connectivity index (χ0) is 14.0. The van der Waals surface area contributed by atoms with Crippen molar-refractivity contribution in [3.8, 4) is 0 Å². The maximum Gasteiger partial charge on any atom is 0.264 e. The van der Waals surface area contributed by atoms with Crippen LogP contribution in [0, 0.1) is 6.92 Å². The summed E-state index contributed by atoms with van der Waals surface area (Å²) in [5.74, 6) is -0.0695. The van der Waals surface area contributed by atoms with E-state index in [0.29, 0.717) is 10.7 Å². The van der Waals surface area contributed by atoms with Crippen LogP contribution in [0.15, 0.2) is 35.2 Å². The Kier molecular flexibility index (Phi) is 3.93. The van der Waals surface area contributed by atoms with Crippen molar-refractivity contribution in [3.05, 3.63) is 46.2 Å². The minimum absolute atomic E-state index is 0.0677. The summed E-state index contributed by atoms with van der Waals surface area (Å²) in [7, 11) is -3.76. The standard InChI is InChI=1S/C11H9Cl2N3O2S/c1-7-6-10(13)15-11(14-7)16-19(17,18)9-4-2-8(12)3-5-9/h2-6H,1H3,(H,14,15,16). The first kappa shape index (κ1) is 14.0. The van der Waals surface area contributed by atoms with Gasteiger partial charge in [-0.3, -0.25) is 0 Å². The van der Waals surface area contributed by atoms with Crippen LogP contribution in [0.5, 0.6) is 0 Å². The second kappa shape index (κ2) is 5.32. The molecular weight excluding hydrogens is 309 g/mol. The van der Waals surface area contributed by atoms with Crippen LogP contribution in [-0.2, 0) is 10.0 Å². The molecule has 19 heavy (non-hydrogen) atoms. The van der Waals surface area contributed by atoms with Crippen molar-refractivity contribution in [2.75, 3.05) is 4.72 Å². The third-order valence-corrected chi connectivity index (χ3v) is 3.96. The van der Waals surface area contributed by atoms with Crippen LogP contribution in [0.25, 0.3) is 0 Å². The molecule has 0 amide bonds. The van der Waals surface area contributed by atoms with Crippen molar-refractivity contribution in [1.82, 2.24) is 9.97 Å². The van der Waals surface area contributed by atoms with Gasteiger partial charge in [-0.2, -0.15) is 0 Å². The van der Waals surface area contributed by atoms with Gasteiger partial charge >= 0.3 is 0 Å². The van der Waals surface area contributed by atoms with E-state index >= 15 is 0 Å². The molecule has 0 saturated heterocycles. The Bertz CT molecular complexity index is 682. The summed E-state index contributed by atoms with van der Waals surface area (Å²) >= 11 is 11.4. The summed E-state index contributed by atoms with van der Waals surface area (Å²) in [4.78, 5) is 7.82. The van der Waals surface area contributed by atoms with Gasteiger partial charge in [0.15, 0.2) is 0 Å². The van der Waals surface area contributed by atoms with Gasteiger partial charge in [0.1, 0.15) is 5.15 Å². The molecule has 2 aromatic rings. The first-order valence-corrected chi connectivity index (χ1v) is 7.40. The number of hydrogen-bond acceptors (Lipinski definition) is 4. The van der Waals surface area contributed by atoms with Gasteiger partial charge in [-0.15, -0.1) is 0 Å². The Morgan fingerprint density at radius 3 is 2.32 bits per heavy atom. The molecule has 0 saturated carbocycles. The van der Waals surface area contributed by atoms with Crippen LogP contribution in [0.1, 0.15) is 5.69 Å². The van der Waals surface area contributed by atoms with Gasteiger partial charge in [-0.05, 0) is 37.3 Å². The number of benzene rings is 1. The van der Waals surface area contributed by atoms with Crippen molar-refractivity contribution in [2.45, 2.75) is 11.8 Å². The largest absolute Gasteiger partial charge is 0.264 e. The highest BCUT2D eigenvalue weighted by Crippen LogP contribution is 2.17. The van der Waals surface area contributed by atoms with E-state index < -0.39 is 10.0 Å². The van der Waals surface area contributed by atoms with Crippen LogP contribution in [0.3, 0.4) is 0 Å². The highest BCUT2D eigenvalue weighted by molar-refractivity contribution is 7.92. The zero-order valence-electron chi connectivity index (χ0n) is 9.76. The second-order valence-corrected chi connectivity index (χ2v) is 6.22. The summed E-state index contributed by atoms with van der Waals surface area (Å²) in [6.45, 7) is 1.69. The highest BCUT2D eigenvalue weighted by atomic mass is 35.5. The molecule has 0 aliphatic carbocycles. The van der Waals surface area contributed by atoms with Crippen LogP contribution >= 0.6 is 23.2 Å². The lowest BCUT2D eigenvalue weighted by Crippen LogP contribution is -2.15. The predicted molar refractivity (Wildman–Crippen MR) is 74.0 cm³/mol. The molecule has 2 rings (SSSR count). The average Bonchev–Trinajstić information content (AvgIpc) is 2.27. The number of aryl methyl sites for hydroxylation is 1. The second-order valence-electron chi connectivity index (χ2n) is 3.72. The van der Waals surface area contributed by atoms with Crippen LogP contribution in [0.2, 0.25) is 10.2 Å². The molecule has 0 aliphatic heterocycles. The lowest BCUT2D eigenvalue weighted by Gasteiger charge is -2.07. The lowest BCUT2D eigenvalue weighted by atomic mass is 10.4. The molecule has 0 bridgehead atoms. The fourth-order valence-corrected chi connectivity index (χ4v) is 2.68. The Balaban J connectivity index is 2.33. The molecule has 0 atom stereocenters. The van der Waals surface area contributed by atoms with Gasteiger partial charge in [0.05, 0.1) is 4.90 Å². The molecule has 1 heterocycles. The molecule has 5 nitrogen and oxygen atoms in total. The van der Waals surface area contributed by atoms with Gasteiger partial charge in [0.25, 0.3) is 10.0 Å². The van der Waals surface area contributed by atoms with E-state index in [4.69, 9.17) is 23.2 Å². The SMILES string of the molecule is Cc1cc(Cl)nc(NS(=O)(=O)c2ccc(Cl)cc2)n1. The van der Waals surface area contributed by atoms with Gasteiger partial charge in [0, 0.05) is 10.7 Å². The van der Waals surface area contributed by atoms with Crippen LogP contribution in [-0.4, -0.2) is 18.4 Å². The third kappa shape index (κ3) is 3.56. The quantitative estimate of drug-likeness (QED) is 0.883. The normalized spacial score (nSPS) is 11.3. The minimum atomic E-state index is -3.76. The summed E-state index contributed by atoms with van der Waals surface area (Å²) in [6.07, 6.45) is 0. The molecule has 0 aliphatic rings. The number of halogens is 2. The molecule has 0 fully saturated rings. The van der Waals surface area contributed by atoms with E-state index in [1.54, 1.807) is 6.92 Å². The summed E-state index contributed by atoms with van der Waals surface area (Å²) in [5.41, 5.74) is 0.564. The topological polar surface area (TPSA) is 72.0 Å². The lowest BCUT2D eigenvalue weighted by molar-refractivity contribution is 0.601. The minimum Gasteiger partial charge on any atom is -0.247 e. The molecule has 8 heteroatoms. The molecule has 100 valence electrons. The van der Waals surface area contributed by atoms with Crippen molar-refractivity contribution >= 4 is 39.2 Å². The van der Waals surface area contributed by atoms with E-state index in [0.717, 1.165) is 0 Å². The molecule has 1 aromatic carbocycles. The summed E-state index contributed by atoms with van der Waals surface area (Å²) in [5, 5.41) is 0.620. The Morgan fingerprint density at radius 2 is 1.74 bits per heavy atom. The number of nitrogens with zero attached hydrogens (tertiary/aromatic N) is 2. The van der Waals surface area contributed by atoms with E-state index in [9.17, 15) is 8.42 Å². The first-order chi connectivity index (χ1) is 8.87. The monoisotopic (exact) mass is 317 g/mol. The van der Waals surface area contributed by atoms with Gasteiger partial charge in [-0.1, -0.05) is 23.2 Å². The zero-order valence-corrected chi connectivity index (χ0v) is 12.1. The van der Waals surface area contributed by atoms with Crippen LogP contribution < -0.4 is 4.72 Å². The third-order valence-electron chi connectivity index (χ3n) is 2.17. The average molecular weight is 318 g/mol. The van der Waals surface area contributed by atoms with Crippen molar-refractivity contribution < 1.29 is 8.42 Å². The van der Waals surface area contributed by atoms with Crippen molar-refractivity contribution in [2.24, 2.45) is 0 Å². The van der Waals surface area contributed by atoms with Crippen molar-refractivity contribution in [1.29, 1.82) is 0 Å². The Hall–Kier alpha value is -1.37. The molecule has 1 N–H and O–H groups in total. The Morgan fingerprint density at radius 1 is 1.11 bits per heavy atom. The Labute approximate surface area is 120 Å².